The van der Waals surface area contributed by atoms with Gasteiger partial charge in [0.15, 0.2) is 0 Å². The first-order valence-corrected chi connectivity index (χ1v) is 15.9. The van der Waals surface area contributed by atoms with E-state index in [0.717, 1.165) is 27.3 Å². The van der Waals surface area contributed by atoms with E-state index in [2.05, 4.69) is 13.4 Å². The maximum Gasteiger partial charge on any atom is 0.237 e. The van der Waals surface area contributed by atoms with Crippen molar-refractivity contribution in [3.05, 3.63) is 88.7 Å². The number of benzene rings is 3. The van der Waals surface area contributed by atoms with Crippen LogP contribution in [-0.2, 0) is 14.3 Å². The van der Waals surface area contributed by atoms with Crippen LogP contribution in [0.15, 0.2) is 82.8 Å². The molecule has 5 rings (SSSR count). The van der Waals surface area contributed by atoms with E-state index < -0.39 is 9.55 Å². The number of rotatable bonds is 5. The molecule has 5 nitrogen and oxygen atoms in total. The number of thiol groups is 1. The maximum atomic E-state index is 12.6. The van der Waals surface area contributed by atoms with Gasteiger partial charge in [0, 0.05) is 16.7 Å². The van der Waals surface area contributed by atoms with Crippen LogP contribution in [0, 0.1) is 0 Å². The molecule has 0 fully saturated rings. The molecule has 2 heterocycles. The highest BCUT2D eigenvalue weighted by Crippen LogP contribution is 2.35. The van der Waals surface area contributed by atoms with Gasteiger partial charge in [-0.2, -0.15) is 0 Å². The Balaban J connectivity index is 1.62. The van der Waals surface area contributed by atoms with Gasteiger partial charge in [0.25, 0.3) is 0 Å². The predicted molar refractivity (Wildman–Crippen MR) is 154 cm³/mol. The molecule has 0 saturated carbocycles. The number of nitrogens with zero attached hydrogens (tertiary/aromatic N) is 3. The van der Waals surface area contributed by atoms with Crippen LogP contribution in [0.2, 0.25) is 10.0 Å². The fraction of sp³-hybridized carbons (Fsp3) is 0.185. The van der Waals surface area contributed by atoms with Crippen LogP contribution in [0.25, 0.3) is 28.2 Å². The first-order chi connectivity index (χ1) is 17.0. The molecule has 4 aromatic rings. The van der Waals surface area contributed by atoms with E-state index in [-0.39, 0.29) is 5.54 Å². The quantitative estimate of drug-likeness (QED) is 0.215. The third-order valence-electron chi connectivity index (χ3n) is 5.91. The molecule has 0 bridgehead atoms. The molecule has 0 aliphatic carbocycles. The van der Waals surface area contributed by atoms with Crippen molar-refractivity contribution in [2.75, 3.05) is 12.9 Å². The molecule has 0 saturated heterocycles. The zero-order valence-electron chi connectivity index (χ0n) is 20.1. The lowest BCUT2D eigenvalue weighted by atomic mass is 10.1. The Kier molecular flexibility index (Phi) is 6.59. The van der Waals surface area contributed by atoms with Crippen molar-refractivity contribution >= 4 is 47.1 Å². The third kappa shape index (κ3) is 5.01. The molecular weight excluding hydrogens is 532 g/mol. The van der Waals surface area contributed by atoms with E-state index in [1.54, 1.807) is 6.26 Å². The van der Waals surface area contributed by atoms with Gasteiger partial charge < -0.3 is 4.74 Å². The monoisotopic (exact) mass is 557 g/mol. The summed E-state index contributed by atoms with van der Waals surface area (Å²) in [5.41, 5.74) is 3.69. The second kappa shape index (κ2) is 9.42. The molecule has 36 heavy (non-hydrogen) atoms. The highest BCUT2D eigenvalue weighted by atomic mass is 35.5. The summed E-state index contributed by atoms with van der Waals surface area (Å²) in [7, 11) is -0.00500. The normalized spacial score (nSPS) is 15.4. The summed E-state index contributed by atoms with van der Waals surface area (Å²) in [5.74, 6) is 1.14. The minimum Gasteiger partial charge on any atom is -0.474 e. The van der Waals surface area contributed by atoms with Crippen LogP contribution in [0.5, 0.6) is 0 Å². The van der Waals surface area contributed by atoms with Crippen LogP contribution in [0.3, 0.4) is 0 Å². The Morgan fingerprint density at radius 2 is 1.75 bits per heavy atom. The van der Waals surface area contributed by atoms with Gasteiger partial charge in [-0.05, 0) is 67.6 Å². The summed E-state index contributed by atoms with van der Waals surface area (Å²) < 4.78 is 20.3. The molecule has 1 aliphatic rings. The van der Waals surface area contributed by atoms with Gasteiger partial charge in [0.1, 0.15) is 18.1 Å². The summed E-state index contributed by atoms with van der Waals surface area (Å²) >= 11 is 13.4. The average Bonchev–Trinajstić information content (AvgIpc) is 3.42. The highest BCUT2D eigenvalue weighted by Gasteiger charge is 2.29. The van der Waals surface area contributed by atoms with Crippen LogP contribution in [0.4, 0.5) is 0 Å². The lowest BCUT2D eigenvalue weighted by molar-refractivity contribution is 0.279. The van der Waals surface area contributed by atoms with Crippen molar-refractivity contribution in [1.29, 1.82) is 0 Å². The number of halogens is 2. The zero-order chi connectivity index (χ0) is 25.7. The summed E-state index contributed by atoms with van der Waals surface area (Å²) in [5, 5.41) is 1.12. The Morgan fingerprint density at radius 3 is 2.42 bits per heavy atom. The second-order valence-corrected chi connectivity index (χ2v) is 15.8. The molecule has 1 aliphatic heterocycles. The number of aromatic nitrogens is 2. The smallest absolute Gasteiger partial charge is 0.237 e. The summed E-state index contributed by atoms with van der Waals surface area (Å²) in [6.07, 6.45) is 3.61. The SMILES string of the molecule is CC1(C)COC(c2cn(-c3ccc(-c4cccc([SH](C)(=O)P)c4)cc3Cl)c(-c3ccccc3Cl)n2)=N1. The first-order valence-electron chi connectivity index (χ1n) is 11.4. The molecule has 1 unspecified atom stereocenters. The standard InChI is InChI=1S/C27H26Cl2N3O2PS/c1-27(2)16-34-26(31-27)23-15-32(25(30-23)20-9-4-5-10-21(20)28)24-12-11-18(14-22(24)29)17-7-6-8-19(13-17)36(3,33)35/h4-15,36H,16,35H2,1-3H3. The number of hydrogen-bond acceptors (Lipinski definition) is 4. The Morgan fingerprint density at radius 1 is 1.00 bits per heavy atom. The predicted octanol–water partition coefficient (Wildman–Crippen LogP) is 6.86. The lowest BCUT2D eigenvalue weighted by Gasteiger charge is -2.15. The molecule has 1 aromatic heterocycles. The lowest BCUT2D eigenvalue weighted by Crippen LogP contribution is -2.17. The van der Waals surface area contributed by atoms with E-state index in [9.17, 15) is 4.21 Å². The summed E-state index contributed by atoms with van der Waals surface area (Å²) in [4.78, 5) is 10.3. The summed E-state index contributed by atoms with van der Waals surface area (Å²) in [6, 6.07) is 21.1. The van der Waals surface area contributed by atoms with Crippen molar-refractivity contribution in [3.63, 3.8) is 0 Å². The molecule has 0 spiro atoms. The summed E-state index contributed by atoms with van der Waals surface area (Å²) in [6.45, 7) is 4.53. The Labute approximate surface area is 223 Å². The third-order valence-corrected chi connectivity index (χ3v) is 8.74. The van der Waals surface area contributed by atoms with Gasteiger partial charge in [-0.15, -0.1) is 0 Å². The Hall–Kier alpha value is -2.50. The van der Waals surface area contributed by atoms with E-state index in [1.165, 1.54) is 0 Å². The Bertz CT molecular complexity index is 1560. The van der Waals surface area contributed by atoms with Gasteiger partial charge in [0.2, 0.25) is 5.90 Å². The fourth-order valence-electron chi connectivity index (χ4n) is 4.06. The van der Waals surface area contributed by atoms with Crippen molar-refractivity contribution in [1.82, 2.24) is 9.55 Å². The minimum atomic E-state index is -2.46. The van der Waals surface area contributed by atoms with Gasteiger partial charge in [-0.1, -0.05) is 71.5 Å². The first kappa shape index (κ1) is 25.2. The van der Waals surface area contributed by atoms with Gasteiger partial charge >= 0.3 is 0 Å². The molecule has 3 aromatic carbocycles. The van der Waals surface area contributed by atoms with Crippen LogP contribution >= 0.6 is 31.6 Å². The maximum absolute atomic E-state index is 12.6. The van der Waals surface area contributed by atoms with E-state index in [1.807, 2.05) is 91.3 Å². The minimum absolute atomic E-state index is 0.309. The average molecular weight is 558 g/mol. The second-order valence-electron chi connectivity index (χ2n) is 9.52. The van der Waals surface area contributed by atoms with E-state index in [4.69, 9.17) is 32.9 Å². The number of hydrogen-bond donors (Lipinski definition) is 1. The molecular formula is C27H26Cl2N3O2PS. The van der Waals surface area contributed by atoms with E-state index >= 15 is 0 Å². The molecule has 1 atom stereocenters. The zero-order valence-corrected chi connectivity index (χ0v) is 23.6. The van der Waals surface area contributed by atoms with E-state index in [0.29, 0.717) is 34.1 Å². The molecule has 0 amide bonds. The van der Waals surface area contributed by atoms with Crippen LogP contribution < -0.4 is 0 Å². The van der Waals surface area contributed by atoms with Crippen LogP contribution in [-0.4, -0.2) is 38.1 Å². The molecule has 9 heteroatoms. The molecule has 0 N–H and O–H groups in total. The van der Waals surface area contributed by atoms with Crippen molar-refractivity contribution in [3.8, 4) is 28.2 Å². The largest absolute Gasteiger partial charge is 0.474 e. The van der Waals surface area contributed by atoms with Gasteiger partial charge in [0.05, 0.1) is 21.3 Å². The molecule has 0 radical (unpaired) electrons. The van der Waals surface area contributed by atoms with Crippen molar-refractivity contribution < 1.29 is 8.95 Å². The van der Waals surface area contributed by atoms with Crippen molar-refractivity contribution in [2.24, 2.45) is 4.99 Å². The molecule has 186 valence electrons. The number of imidazole rings is 1. The van der Waals surface area contributed by atoms with Crippen molar-refractivity contribution in [2.45, 2.75) is 24.3 Å². The van der Waals surface area contributed by atoms with Gasteiger partial charge in [-0.25, -0.2) is 9.98 Å². The highest BCUT2D eigenvalue weighted by molar-refractivity contribution is 8.44. The van der Waals surface area contributed by atoms with Crippen LogP contribution in [0.1, 0.15) is 19.5 Å². The topological polar surface area (TPSA) is 56.5 Å². The van der Waals surface area contributed by atoms with Gasteiger partial charge in [-0.3, -0.25) is 8.78 Å². The fourth-order valence-corrected chi connectivity index (χ4v) is 5.81. The number of ether oxygens (including phenoxy) is 1. The number of aliphatic imine (C=N–C) groups is 1.